The Morgan fingerprint density at radius 1 is 0.838 bits per heavy atom. The molecule has 5 rings (SSSR count). The van der Waals surface area contributed by atoms with Crippen LogP contribution >= 0.6 is 0 Å². The van der Waals surface area contributed by atoms with E-state index in [-0.39, 0.29) is 5.82 Å². The number of rotatable bonds is 4. The highest BCUT2D eigenvalue weighted by atomic mass is 19.1. The molecule has 0 atom stereocenters. The molecule has 3 aromatic rings. The topological polar surface area (TPSA) is 51.4 Å². The second kappa shape index (κ2) is 10.6. The predicted octanol–water partition coefficient (Wildman–Crippen LogP) is 4.29. The molecule has 0 unspecified atom stereocenters. The summed E-state index contributed by atoms with van der Waals surface area (Å²) < 4.78 is 20.0. The van der Waals surface area contributed by atoms with Crippen molar-refractivity contribution in [1.29, 1.82) is 0 Å². The van der Waals surface area contributed by atoms with Crippen LogP contribution in [0.2, 0.25) is 0 Å². The first-order valence-electron chi connectivity index (χ1n) is 13.1. The maximum atomic E-state index is 14.2. The summed E-state index contributed by atoms with van der Waals surface area (Å²) in [6, 6.07) is 16.8. The summed E-state index contributed by atoms with van der Waals surface area (Å²) in [6.45, 7) is 12.1. The van der Waals surface area contributed by atoms with Gasteiger partial charge in [0.15, 0.2) is 0 Å². The molecule has 8 heteroatoms. The van der Waals surface area contributed by atoms with Crippen molar-refractivity contribution in [2.45, 2.75) is 19.3 Å². The molecule has 0 spiro atoms. The van der Waals surface area contributed by atoms with Crippen LogP contribution in [0, 0.1) is 5.82 Å². The number of hydrogen-bond donors (Lipinski definition) is 0. The van der Waals surface area contributed by atoms with E-state index in [0.29, 0.717) is 11.4 Å². The molecule has 0 radical (unpaired) electrons. The normalized spacial score (nSPS) is 17.8. The highest BCUT2D eigenvalue weighted by Crippen LogP contribution is 2.34. The van der Waals surface area contributed by atoms with Crippen molar-refractivity contribution in [2.75, 3.05) is 66.5 Å². The fourth-order valence-electron chi connectivity index (χ4n) is 4.98. The van der Waals surface area contributed by atoms with Crippen LogP contribution in [0.15, 0.2) is 64.1 Å². The van der Waals surface area contributed by atoms with Crippen molar-refractivity contribution in [2.24, 2.45) is 4.99 Å². The summed E-state index contributed by atoms with van der Waals surface area (Å²) in [7, 11) is 4.33. The third kappa shape index (κ3) is 5.55. The zero-order valence-electron chi connectivity index (χ0n) is 22.3. The van der Waals surface area contributed by atoms with E-state index in [0.717, 1.165) is 75.1 Å². The zero-order chi connectivity index (χ0) is 26.0. The van der Waals surface area contributed by atoms with Gasteiger partial charge in [-0.25, -0.2) is 4.39 Å². The molecule has 196 valence electrons. The van der Waals surface area contributed by atoms with Crippen LogP contribution in [0.3, 0.4) is 0 Å². The molecule has 37 heavy (non-hydrogen) atoms. The van der Waals surface area contributed by atoms with E-state index in [1.807, 2.05) is 36.4 Å². The molecule has 2 fully saturated rings. The Morgan fingerprint density at radius 2 is 1.41 bits per heavy atom. The number of piperazine rings is 2. The molecule has 0 aliphatic carbocycles. The van der Waals surface area contributed by atoms with Crippen molar-refractivity contribution in [1.82, 2.24) is 24.8 Å². The van der Waals surface area contributed by atoms with Crippen LogP contribution in [0.5, 0.6) is 0 Å². The molecule has 2 aromatic carbocycles. The van der Waals surface area contributed by atoms with Crippen LogP contribution in [0.25, 0.3) is 11.1 Å². The predicted molar refractivity (Wildman–Crippen MR) is 146 cm³/mol. The van der Waals surface area contributed by atoms with Gasteiger partial charge in [0, 0.05) is 69.4 Å². The summed E-state index contributed by atoms with van der Waals surface area (Å²) >= 11 is 0. The third-order valence-corrected chi connectivity index (χ3v) is 7.71. The van der Waals surface area contributed by atoms with Crippen molar-refractivity contribution >= 4 is 11.8 Å². The lowest BCUT2D eigenvalue weighted by Gasteiger charge is -2.41. The second-order valence-corrected chi connectivity index (χ2v) is 10.7. The Kier molecular flexibility index (Phi) is 7.31. The van der Waals surface area contributed by atoms with Crippen LogP contribution in [-0.4, -0.2) is 97.2 Å². The van der Waals surface area contributed by atoms with Gasteiger partial charge in [0.25, 0.3) is 5.88 Å². The molecule has 7 nitrogen and oxygen atoms in total. The highest BCUT2D eigenvalue weighted by molar-refractivity contribution is 5.82. The Hall–Kier alpha value is -3.23. The summed E-state index contributed by atoms with van der Waals surface area (Å²) in [5.41, 5.74) is 2.96. The molecule has 0 bridgehead atoms. The second-order valence-electron chi connectivity index (χ2n) is 10.7. The summed E-state index contributed by atoms with van der Waals surface area (Å²) in [5.74, 6) is 1.29. The van der Waals surface area contributed by atoms with Crippen LogP contribution < -0.4 is 0 Å². The Bertz CT molecular complexity index is 1200. The van der Waals surface area contributed by atoms with Gasteiger partial charge in [-0.15, -0.1) is 0 Å². The number of hydrogen-bond acceptors (Lipinski definition) is 5. The Labute approximate surface area is 219 Å². The Morgan fingerprint density at radius 3 is 1.97 bits per heavy atom. The van der Waals surface area contributed by atoms with Gasteiger partial charge in [-0.2, -0.15) is 4.99 Å². The van der Waals surface area contributed by atoms with Crippen molar-refractivity contribution < 1.29 is 8.91 Å². The lowest BCUT2D eigenvalue weighted by Crippen LogP contribution is -2.56. The molecule has 2 aliphatic heterocycles. The average molecular weight is 505 g/mol. The maximum absolute atomic E-state index is 14.2. The van der Waals surface area contributed by atoms with E-state index < -0.39 is 5.41 Å². The number of aliphatic imine (C=N–C) groups is 1. The van der Waals surface area contributed by atoms with E-state index in [4.69, 9.17) is 9.52 Å². The van der Waals surface area contributed by atoms with Gasteiger partial charge in [-0.3, -0.25) is 0 Å². The fourth-order valence-corrected chi connectivity index (χ4v) is 4.98. The van der Waals surface area contributed by atoms with Crippen molar-refractivity contribution in [3.8, 4) is 11.1 Å². The van der Waals surface area contributed by atoms with E-state index in [1.54, 1.807) is 12.1 Å². The molecule has 1 aromatic heterocycles. The van der Waals surface area contributed by atoms with Crippen LogP contribution in [-0.2, 0) is 5.41 Å². The van der Waals surface area contributed by atoms with Gasteiger partial charge < -0.3 is 24.1 Å². The number of halogens is 1. The third-order valence-electron chi connectivity index (χ3n) is 7.71. The number of likely N-dealkylation sites (N-methyl/N-ethyl adjacent to an activating group) is 2. The minimum atomic E-state index is -0.396. The zero-order valence-corrected chi connectivity index (χ0v) is 22.3. The molecule has 0 amide bonds. The monoisotopic (exact) mass is 504 g/mol. The minimum absolute atomic E-state index is 0.218. The molecule has 3 heterocycles. The standard InChI is InChI=1S/C29H37FN6O/c1-29(2,23-11-9-22(10-12-23)24-7-5-6-8-25(24)30)26-21-27(37-32-26)31-28(35-17-13-33(3)14-18-35)36-19-15-34(4)16-20-36/h5-12,21H,13-20H2,1-4H3. The van der Waals surface area contributed by atoms with E-state index in [1.165, 1.54) is 6.07 Å². The largest absolute Gasteiger partial charge is 0.340 e. The maximum Gasteiger partial charge on any atom is 0.253 e. The molecule has 0 saturated carbocycles. The van der Waals surface area contributed by atoms with E-state index in [9.17, 15) is 4.39 Å². The van der Waals surface area contributed by atoms with Gasteiger partial charge >= 0.3 is 0 Å². The van der Waals surface area contributed by atoms with Gasteiger partial charge in [-0.05, 0) is 31.3 Å². The average Bonchev–Trinajstić information content (AvgIpc) is 3.39. The van der Waals surface area contributed by atoms with Gasteiger partial charge in [-0.1, -0.05) is 61.5 Å². The number of guanidine groups is 1. The number of benzene rings is 2. The SMILES string of the molecule is CN1CCN(C(=Nc2cc(C(C)(C)c3ccc(-c4ccccc4F)cc3)no2)N2CCN(C)CC2)CC1. The molecule has 2 saturated heterocycles. The summed E-state index contributed by atoms with van der Waals surface area (Å²) in [4.78, 5) is 14.5. The molecular formula is C29H37FN6O. The number of aromatic nitrogens is 1. The minimum Gasteiger partial charge on any atom is -0.340 e. The van der Waals surface area contributed by atoms with E-state index >= 15 is 0 Å². The first kappa shape index (κ1) is 25.4. The first-order chi connectivity index (χ1) is 17.8. The van der Waals surface area contributed by atoms with E-state index in [2.05, 4.69) is 52.7 Å². The van der Waals surface area contributed by atoms with Gasteiger partial charge in [0.1, 0.15) is 5.82 Å². The van der Waals surface area contributed by atoms with Gasteiger partial charge in [0.05, 0.1) is 5.69 Å². The smallest absolute Gasteiger partial charge is 0.253 e. The Balaban J connectivity index is 1.39. The molecule has 0 N–H and O–H groups in total. The molecule has 2 aliphatic rings. The molecular weight excluding hydrogens is 467 g/mol. The first-order valence-corrected chi connectivity index (χ1v) is 13.1. The summed E-state index contributed by atoms with van der Waals surface area (Å²) in [6.07, 6.45) is 0. The highest BCUT2D eigenvalue weighted by Gasteiger charge is 2.29. The van der Waals surface area contributed by atoms with Crippen LogP contribution in [0.4, 0.5) is 10.3 Å². The van der Waals surface area contributed by atoms with Gasteiger partial charge in [0.2, 0.25) is 5.96 Å². The van der Waals surface area contributed by atoms with Crippen molar-refractivity contribution in [3.63, 3.8) is 0 Å². The van der Waals surface area contributed by atoms with Crippen molar-refractivity contribution in [3.05, 3.63) is 71.7 Å². The lowest BCUT2D eigenvalue weighted by atomic mass is 9.81. The lowest BCUT2D eigenvalue weighted by molar-refractivity contribution is 0.167. The summed E-state index contributed by atoms with van der Waals surface area (Å²) in [5, 5.41) is 4.43. The quantitative estimate of drug-likeness (QED) is 0.390. The number of nitrogens with zero attached hydrogens (tertiary/aromatic N) is 6. The van der Waals surface area contributed by atoms with Crippen LogP contribution in [0.1, 0.15) is 25.1 Å². The fraction of sp³-hybridized carbons (Fsp3) is 0.448.